The molecule has 3 rings (SSSR count). The molecule has 9 heteroatoms. The zero-order chi connectivity index (χ0) is 21.9. The molecule has 0 radical (unpaired) electrons. The van der Waals surface area contributed by atoms with Gasteiger partial charge in [-0.1, -0.05) is 41.9 Å². The molecule has 1 N–H and O–H groups in total. The highest BCUT2D eigenvalue weighted by molar-refractivity contribution is 6.34. The predicted octanol–water partition coefficient (Wildman–Crippen LogP) is 4.52. The maximum absolute atomic E-state index is 14.0. The number of likely N-dealkylation sites (tertiary alicyclic amines) is 1. The molecule has 0 spiro atoms. The first-order valence-corrected chi connectivity index (χ1v) is 9.56. The Morgan fingerprint density at radius 1 is 1.20 bits per heavy atom. The van der Waals surface area contributed by atoms with Crippen LogP contribution >= 0.6 is 11.6 Å². The maximum Gasteiger partial charge on any atom is 0.404 e. The number of alkyl halides is 3. The molecule has 5 nitrogen and oxygen atoms in total. The fourth-order valence-electron chi connectivity index (χ4n) is 3.52. The summed E-state index contributed by atoms with van der Waals surface area (Å²) in [7, 11) is 1.17. The first-order valence-electron chi connectivity index (χ1n) is 9.18. The van der Waals surface area contributed by atoms with Gasteiger partial charge in [-0.15, -0.1) is 0 Å². The molecule has 160 valence electrons. The summed E-state index contributed by atoms with van der Waals surface area (Å²) in [5.41, 5.74) is -1.72. The summed E-state index contributed by atoms with van der Waals surface area (Å²) in [5.74, 6) is -1.89. The average Bonchev–Trinajstić information content (AvgIpc) is 3.15. The minimum atomic E-state index is -4.76. The second-order valence-corrected chi connectivity index (χ2v) is 7.57. The summed E-state index contributed by atoms with van der Waals surface area (Å²) in [5, 5.41) is 2.30. The second-order valence-electron chi connectivity index (χ2n) is 7.17. The van der Waals surface area contributed by atoms with E-state index in [1.165, 1.54) is 25.3 Å². The van der Waals surface area contributed by atoms with Gasteiger partial charge in [-0.3, -0.25) is 9.69 Å². The van der Waals surface area contributed by atoms with Crippen molar-refractivity contribution in [1.29, 1.82) is 0 Å². The molecule has 1 saturated heterocycles. The van der Waals surface area contributed by atoms with Crippen molar-refractivity contribution in [1.82, 2.24) is 4.90 Å². The van der Waals surface area contributed by atoms with Crippen LogP contribution in [0.25, 0.3) is 0 Å². The van der Waals surface area contributed by atoms with Gasteiger partial charge in [0, 0.05) is 13.1 Å². The number of ether oxygens (including phenoxy) is 1. The molecule has 30 heavy (non-hydrogen) atoms. The maximum atomic E-state index is 14.0. The number of halogens is 4. The van der Waals surface area contributed by atoms with Gasteiger partial charge in [-0.25, -0.2) is 4.79 Å². The Kier molecular flexibility index (Phi) is 6.38. The topological polar surface area (TPSA) is 58.6 Å². The zero-order valence-corrected chi connectivity index (χ0v) is 16.9. The third kappa shape index (κ3) is 4.44. The van der Waals surface area contributed by atoms with Gasteiger partial charge in [0.25, 0.3) is 0 Å². The molecule has 1 heterocycles. The fourth-order valence-corrected chi connectivity index (χ4v) is 3.68. The lowest BCUT2D eigenvalue weighted by molar-refractivity contribution is -0.215. The van der Waals surface area contributed by atoms with Crippen molar-refractivity contribution in [3.63, 3.8) is 0 Å². The van der Waals surface area contributed by atoms with Gasteiger partial charge in [0.2, 0.25) is 5.91 Å². The van der Waals surface area contributed by atoms with Crippen LogP contribution in [0.5, 0.6) is 0 Å². The zero-order valence-electron chi connectivity index (χ0n) is 16.1. The van der Waals surface area contributed by atoms with Crippen molar-refractivity contribution in [2.45, 2.75) is 19.1 Å². The number of hydrogen-bond acceptors (Lipinski definition) is 4. The SMILES string of the molecule is COC(=O)c1ccc(Cl)c(NC(=O)C2(C(F)(F)F)CCN(Cc3ccccc3)C2)c1. The number of esters is 1. The molecule has 1 aliphatic rings. The van der Waals surface area contributed by atoms with Crippen molar-refractivity contribution in [2.24, 2.45) is 5.41 Å². The number of carbonyl (C=O) groups excluding carboxylic acids is 2. The fraction of sp³-hybridized carbons (Fsp3) is 0.333. The van der Waals surface area contributed by atoms with Gasteiger partial charge < -0.3 is 10.1 Å². The molecule has 1 aliphatic heterocycles. The monoisotopic (exact) mass is 440 g/mol. The highest BCUT2D eigenvalue weighted by atomic mass is 35.5. The van der Waals surface area contributed by atoms with Crippen molar-refractivity contribution in [3.05, 3.63) is 64.7 Å². The van der Waals surface area contributed by atoms with E-state index in [1.807, 2.05) is 30.3 Å². The molecule has 1 amide bonds. The Hall–Kier alpha value is -2.58. The van der Waals surface area contributed by atoms with Crippen LogP contribution in [0.15, 0.2) is 48.5 Å². The largest absolute Gasteiger partial charge is 0.465 e. The van der Waals surface area contributed by atoms with Crippen LogP contribution in [0.4, 0.5) is 18.9 Å². The van der Waals surface area contributed by atoms with Crippen LogP contribution in [-0.4, -0.2) is 43.2 Å². The smallest absolute Gasteiger partial charge is 0.404 e. The predicted molar refractivity (Wildman–Crippen MR) is 106 cm³/mol. The average molecular weight is 441 g/mol. The number of methoxy groups -OCH3 is 1. The first-order chi connectivity index (χ1) is 14.2. The van der Waals surface area contributed by atoms with Crippen molar-refractivity contribution in [2.75, 3.05) is 25.5 Å². The van der Waals surface area contributed by atoms with E-state index in [4.69, 9.17) is 11.6 Å². The number of nitrogens with zero attached hydrogens (tertiary/aromatic N) is 1. The minimum absolute atomic E-state index is 0.0208. The molecule has 1 fully saturated rings. The molecular weight excluding hydrogens is 421 g/mol. The van der Waals surface area contributed by atoms with E-state index in [0.29, 0.717) is 6.54 Å². The molecule has 0 aliphatic carbocycles. The van der Waals surface area contributed by atoms with Crippen molar-refractivity contribution < 1.29 is 27.5 Å². The molecule has 0 bridgehead atoms. The van der Waals surface area contributed by atoms with Crippen LogP contribution < -0.4 is 5.32 Å². The normalized spacial score (nSPS) is 19.5. The van der Waals surface area contributed by atoms with E-state index < -0.39 is 30.0 Å². The van der Waals surface area contributed by atoms with Crippen LogP contribution in [0.2, 0.25) is 5.02 Å². The summed E-state index contributed by atoms with van der Waals surface area (Å²) < 4.78 is 46.7. The van der Waals surface area contributed by atoms with E-state index in [-0.39, 0.29) is 29.2 Å². The Morgan fingerprint density at radius 2 is 1.90 bits per heavy atom. The second kappa shape index (κ2) is 8.65. The summed E-state index contributed by atoms with van der Waals surface area (Å²) in [6.45, 7) is -0.0339. The molecular formula is C21H20ClF3N2O3. The minimum Gasteiger partial charge on any atom is -0.465 e. The number of hydrogen-bond donors (Lipinski definition) is 1. The summed E-state index contributed by atoms with van der Waals surface area (Å²) in [6.07, 6.45) is -5.13. The summed E-state index contributed by atoms with van der Waals surface area (Å²) in [4.78, 5) is 26.2. The van der Waals surface area contributed by atoms with Gasteiger partial charge in [0.1, 0.15) is 0 Å². The Balaban J connectivity index is 1.83. The number of anilines is 1. The Morgan fingerprint density at radius 3 is 2.53 bits per heavy atom. The molecule has 0 saturated carbocycles. The van der Waals surface area contributed by atoms with Gasteiger partial charge in [0.05, 0.1) is 23.4 Å². The molecule has 1 unspecified atom stereocenters. The molecule has 1 atom stereocenters. The number of benzene rings is 2. The van der Waals surface area contributed by atoms with E-state index in [1.54, 1.807) is 4.90 Å². The highest BCUT2D eigenvalue weighted by Crippen LogP contribution is 2.47. The number of carbonyl (C=O) groups is 2. The van der Waals surface area contributed by atoms with Crippen LogP contribution in [0, 0.1) is 5.41 Å². The van der Waals surface area contributed by atoms with E-state index in [0.717, 1.165) is 5.56 Å². The number of rotatable bonds is 5. The van der Waals surface area contributed by atoms with Crippen LogP contribution in [0.3, 0.4) is 0 Å². The van der Waals surface area contributed by atoms with E-state index in [2.05, 4.69) is 10.1 Å². The Labute approximate surface area is 176 Å². The van der Waals surface area contributed by atoms with Crippen molar-refractivity contribution >= 4 is 29.2 Å². The quantitative estimate of drug-likeness (QED) is 0.694. The Bertz CT molecular complexity index is 937. The third-order valence-corrected chi connectivity index (χ3v) is 5.54. The molecule has 0 aromatic heterocycles. The highest BCUT2D eigenvalue weighted by Gasteiger charge is 2.63. The van der Waals surface area contributed by atoms with Crippen LogP contribution in [-0.2, 0) is 16.1 Å². The van der Waals surface area contributed by atoms with Gasteiger partial charge in [-0.2, -0.15) is 13.2 Å². The first kappa shape index (κ1) is 22.1. The van der Waals surface area contributed by atoms with Gasteiger partial charge >= 0.3 is 12.1 Å². The third-order valence-electron chi connectivity index (χ3n) is 5.21. The van der Waals surface area contributed by atoms with E-state index in [9.17, 15) is 22.8 Å². The summed E-state index contributed by atoms with van der Waals surface area (Å²) in [6, 6.07) is 13.0. The lowest BCUT2D eigenvalue weighted by Gasteiger charge is -2.30. The van der Waals surface area contributed by atoms with E-state index >= 15 is 0 Å². The van der Waals surface area contributed by atoms with Gasteiger partial charge in [0.15, 0.2) is 5.41 Å². The lowest BCUT2D eigenvalue weighted by Crippen LogP contribution is -2.50. The number of amides is 1. The van der Waals surface area contributed by atoms with Crippen LogP contribution in [0.1, 0.15) is 22.3 Å². The van der Waals surface area contributed by atoms with Crippen molar-refractivity contribution in [3.8, 4) is 0 Å². The van der Waals surface area contributed by atoms with Gasteiger partial charge in [-0.05, 0) is 36.7 Å². The lowest BCUT2D eigenvalue weighted by atomic mass is 9.85. The molecule has 2 aromatic rings. The molecule has 2 aromatic carbocycles. The summed E-state index contributed by atoms with van der Waals surface area (Å²) >= 11 is 6.03. The standard InChI is InChI=1S/C21H20ClF3N2O3/c1-30-18(28)15-7-8-16(22)17(11-15)26-19(29)20(21(23,24)25)9-10-27(13-20)12-14-5-3-2-4-6-14/h2-8,11H,9-10,12-13H2,1H3,(H,26,29). The number of nitrogens with one attached hydrogen (secondary N) is 1.